The average Bonchev–Trinajstić information content (AvgIpc) is 3.00. The molecule has 0 bridgehead atoms. The van der Waals surface area contributed by atoms with E-state index >= 15 is 0 Å². The molecule has 1 saturated heterocycles. The molecule has 1 aromatic heterocycles. The summed E-state index contributed by atoms with van der Waals surface area (Å²) < 4.78 is 5.24. The molecule has 5 nitrogen and oxygen atoms in total. The minimum absolute atomic E-state index is 0.0280. The predicted molar refractivity (Wildman–Crippen MR) is 93.9 cm³/mol. The van der Waals surface area contributed by atoms with Gasteiger partial charge in [0.1, 0.15) is 5.76 Å². The molecule has 6 heteroatoms. The number of urea groups is 1. The summed E-state index contributed by atoms with van der Waals surface area (Å²) in [4.78, 5) is 16.5. The molecule has 24 heavy (non-hydrogen) atoms. The number of nitrogens with one attached hydrogen (secondary N) is 1. The number of nitrogens with zero attached hydrogens (tertiary/aromatic N) is 2. The molecule has 0 radical (unpaired) electrons. The van der Waals surface area contributed by atoms with Gasteiger partial charge in [0.25, 0.3) is 0 Å². The first kappa shape index (κ1) is 16.9. The van der Waals surface area contributed by atoms with E-state index in [1.807, 2.05) is 29.2 Å². The first-order chi connectivity index (χ1) is 11.7. The molecule has 1 N–H and O–H groups in total. The highest BCUT2D eigenvalue weighted by atomic mass is 35.5. The van der Waals surface area contributed by atoms with Crippen LogP contribution in [0.4, 0.5) is 4.79 Å². The van der Waals surface area contributed by atoms with E-state index in [9.17, 15) is 4.79 Å². The van der Waals surface area contributed by atoms with Crippen molar-refractivity contribution in [2.75, 3.05) is 26.2 Å². The molecule has 0 aliphatic carbocycles. The molecular formula is C18H22ClN3O2. The lowest BCUT2D eigenvalue weighted by Crippen LogP contribution is -2.41. The summed E-state index contributed by atoms with van der Waals surface area (Å²) >= 11 is 5.93. The lowest BCUT2D eigenvalue weighted by Gasteiger charge is -2.22. The number of amides is 2. The maximum absolute atomic E-state index is 12.3. The number of benzene rings is 1. The molecular weight excluding hydrogens is 326 g/mol. The number of carbonyl (C=O) groups excluding carboxylic acids is 1. The molecule has 0 atom stereocenters. The highest BCUT2D eigenvalue weighted by molar-refractivity contribution is 6.30. The molecule has 2 amide bonds. The SMILES string of the molecule is O=C(NCc1ccco1)N1CCCN(Cc2ccc(Cl)cc2)CC1. The Morgan fingerprint density at radius 3 is 2.71 bits per heavy atom. The minimum atomic E-state index is -0.0280. The predicted octanol–water partition coefficient (Wildman–Crippen LogP) is 3.35. The zero-order valence-electron chi connectivity index (χ0n) is 13.6. The molecule has 2 heterocycles. The van der Waals surface area contributed by atoms with Gasteiger partial charge in [-0.25, -0.2) is 4.79 Å². The number of rotatable bonds is 4. The van der Waals surface area contributed by atoms with Gasteiger partial charge in [-0.05, 0) is 36.2 Å². The summed E-state index contributed by atoms with van der Waals surface area (Å²) in [6.45, 7) is 4.69. The van der Waals surface area contributed by atoms with Crippen molar-refractivity contribution in [3.05, 3.63) is 59.0 Å². The molecule has 128 valence electrons. The van der Waals surface area contributed by atoms with Gasteiger partial charge in [-0.3, -0.25) is 4.90 Å². The third kappa shape index (κ3) is 4.76. The molecule has 0 saturated carbocycles. The number of furan rings is 1. The van der Waals surface area contributed by atoms with Gasteiger partial charge in [-0.2, -0.15) is 0 Å². The largest absolute Gasteiger partial charge is 0.467 e. The first-order valence-electron chi connectivity index (χ1n) is 8.23. The number of halogens is 1. The number of hydrogen-bond donors (Lipinski definition) is 1. The van der Waals surface area contributed by atoms with E-state index in [-0.39, 0.29) is 6.03 Å². The van der Waals surface area contributed by atoms with Gasteiger partial charge < -0.3 is 14.6 Å². The molecule has 1 aliphatic rings. The van der Waals surface area contributed by atoms with E-state index in [2.05, 4.69) is 22.3 Å². The summed E-state index contributed by atoms with van der Waals surface area (Å²) in [6.07, 6.45) is 2.59. The van der Waals surface area contributed by atoms with E-state index in [1.54, 1.807) is 6.26 Å². The summed E-state index contributed by atoms with van der Waals surface area (Å²) in [7, 11) is 0. The zero-order valence-corrected chi connectivity index (χ0v) is 14.3. The van der Waals surface area contributed by atoms with Crippen molar-refractivity contribution in [2.45, 2.75) is 19.5 Å². The zero-order chi connectivity index (χ0) is 16.8. The van der Waals surface area contributed by atoms with Crippen LogP contribution in [0.15, 0.2) is 47.1 Å². The fraction of sp³-hybridized carbons (Fsp3) is 0.389. The monoisotopic (exact) mass is 347 g/mol. The van der Waals surface area contributed by atoms with Crippen molar-refractivity contribution in [1.82, 2.24) is 15.1 Å². The molecule has 0 spiro atoms. The number of carbonyl (C=O) groups is 1. The van der Waals surface area contributed by atoms with Gasteiger partial charge in [0.05, 0.1) is 12.8 Å². The third-order valence-electron chi connectivity index (χ3n) is 4.19. The maximum atomic E-state index is 12.3. The van der Waals surface area contributed by atoms with Gasteiger partial charge in [0.2, 0.25) is 0 Å². The van der Waals surface area contributed by atoms with Crippen LogP contribution in [0.1, 0.15) is 17.7 Å². The van der Waals surface area contributed by atoms with Gasteiger partial charge in [-0.15, -0.1) is 0 Å². The van der Waals surface area contributed by atoms with Gasteiger partial charge in [0, 0.05) is 37.7 Å². The Kier molecular flexibility index (Phi) is 5.77. The number of hydrogen-bond acceptors (Lipinski definition) is 3. The van der Waals surface area contributed by atoms with Gasteiger partial charge >= 0.3 is 6.03 Å². The molecule has 1 aliphatic heterocycles. The van der Waals surface area contributed by atoms with Crippen LogP contribution in [-0.4, -0.2) is 42.0 Å². The fourth-order valence-electron chi connectivity index (χ4n) is 2.87. The van der Waals surface area contributed by atoms with Crippen LogP contribution in [-0.2, 0) is 13.1 Å². The van der Waals surface area contributed by atoms with E-state index in [1.165, 1.54) is 5.56 Å². The summed E-state index contributed by atoms with van der Waals surface area (Å²) in [5.74, 6) is 0.766. The van der Waals surface area contributed by atoms with E-state index < -0.39 is 0 Å². The molecule has 1 aromatic carbocycles. The second-order valence-electron chi connectivity index (χ2n) is 5.98. The smallest absolute Gasteiger partial charge is 0.317 e. The lowest BCUT2D eigenvalue weighted by molar-refractivity contribution is 0.196. The van der Waals surface area contributed by atoms with Crippen molar-refractivity contribution < 1.29 is 9.21 Å². The molecule has 3 rings (SSSR count). The van der Waals surface area contributed by atoms with Crippen LogP contribution in [0.3, 0.4) is 0 Å². The van der Waals surface area contributed by atoms with Crippen molar-refractivity contribution in [1.29, 1.82) is 0 Å². The van der Waals surface area contributed by atoms with Crippen LogP contribution < -0.4 is 5.32 Å². The summed E-state index contributed by atoms with van der Waals surface area (Å²) in [5.41, 5.74) is 1.25. The Balaban J connectivity index is 1.47. The maximum Gasteiger partial charge on any atom is 0.317 e. The van der Waals surface area contributed by atoms with Gasteiger partial charge in [-0.1, -0.05) is 23.7 Å². The van der Waals surface area contributed by atoms with Gasteiger partial charge in [0.15, 0.2) is 0 Å². The highest BCUT2D eigenvalue weighted by Gasteiger charge is 2.19. The standard InChI is InChI=1S/C18H22ClN3O2/c19-16-6-4-15(5-7-16)14-21-8-2-9-22(11-10-21)18(23)20-13-17-3-1-12-24-17/h1,3-7,12H,2,8-11,13-14H2,(H,20,23). The lowest BCUT2D eigenvalue weighted by atomic mass is 10.2. The summed E-state index contributed by atoms with van der Waals surface area (Å²) in [6, 6.07) is 11.6. The van der Waals surface area contributed by atoms with Crippen molar-refractivity contribution in [2.24, 2.45) is 0 Å². The Morgan fingerprint density at radius 2 is 1.96 bits per heavy atom. The molecule has 2 aromatic rings. The van der Waals surface area contributed by atoms with Crippen LogP contribution in [0.25, 0.3) is 0 Å². The van der Waals surface area contributed by atoms with E-state index in [4.69, 9.17) is 16.0 Å². The van der Waals surface area contributed by atoms with E-state index in [0.29, 0.717) is 6.54 Å². The first-order valence-corrected chi connectivity index (χ1v) is 8.60. The van der Waals surface area contributed by atoms with Crippen LogP contribution in [0, 0.1) is 0 Å². The van der Waals surface area contributed by atoms with E-state index in [0.717, 1.165) is 49.9 Å². The highest BCUT2D eigenvalue weighted by Crippen LogP contribution is 2.13. The second kappa shape index (κ2) is 8.22. The Hall–Kier alpha value is -1.98. The molecule has 0 unspecified atom stereocenters. The topological polar surface area (TPSA) is 48.7 Å². The second-order valence-corrected chi connectivity index (χ2v) is 6.42. The average molecular weight is 348 g/mol. The Morgan fingerprint density at radius 1 is 1.12 bits per heavy atom. The molecule has 1 fully saturated rings. The third-order valence-corrected chi connectivity index (χ3v) is 4.44. The Bertz CT molecular complexity index is 643. The normalized spacial score (nSPS) is 16.0. The van der Waals surface area contributed by atoms with Crippen LogP contribution in [0.5, 0.6) is 0 Å². The van der Waals surface area contributed by atoms with Crippen molar-refractivity contribution in [3.63, 3.8) is 0 Å². The quantitative estimate of drug-likeness (QED) is 0.922. The summed E-state index contributed by atoms with van der Waals surface area (Å²) in [5, 5.41) is 3.67. The Labute approximate surface area is 147 Å². The minimum Gasteiger partial charge on any atom is -0.467 e. The fourth-order valence-corrected chi connectivity index (χ4v) is 2.99. The van der Waals surface area contributed by atoms with Crippen LogP contribution in [0.2, 0.25) is 5.02 Å². The van der Waals surface area contributed by atoms with Crippen LogP contribution >= 0.6 is 11.6 Å². The van der Waals surface area contributed by atoms with Crippen molar-refractivity contribution in [3.8, 4) is 0 Å². The van der Waals surface area contributed by atoms with Crippen molar-refractivity contribution >= 4 is 17.6 Å².